The minimum atomic E-state index is -1.22. The third kappa shape index (κ3) is 7.99. The first kappa shape index (κ1) is 31.3. The van der Waals surface area contributed by atoms with Crippen LogP contribution in [0.5, 0.6) is 0 Å². The molecule has 228 valence electrons. The highest BCUT2D eigenvalue weighted by atomic mass is 16.4. The molecular weight excluding hydrogens is 550 g/mol. The summed E-state index contributed by atoms with van der Waals surface area (Å²) in [4.78, 5) is 57.5. The number of H-pyrrole nitrogens is 2. The molecule has 12 heteroatoms. The summed E-state index contributed by atoms with van der Waals surface area (Å²) in [5.74, 6) is -2.94. The van der Waals surface area contributed by atoms with Crippen molar-refractivity contribution in [1.29, 1.82) is 0 Å². The van der Waals surface area contributed by atoms with Crippen molar-refractivity contribution in [3.8, 4) is 0 Å². The lowest BCUT2D eigenvalue weighted by molar-refractivity contribution is -0.142. The highest BCUT2D eigenvalue weighted by molar-refractivity contribution is 5.94. The van der Waals surface area contributed by atoms with Crippen LogP contribution in [0, 0.1) is 0 Å². The molecule has 12 nitrogen and oxygen atoms in total. The van der Waals surface area contributed by atoms with Crippen molar-refractivity contribution in [1.82, 2.24) is 25.9 Å². The number of carbonyl (C=O) groups is 4. The topological polar surface area (TPSA) is 208 Å². The van der Waals surface area contributed by atoms with Crippen LogP contribution in [-0.2, 0) is 32.0 Å². The van der Waals surface area contributed by atoms with Crippen molar-refractivity contribution in [3.63, 3.8) is 0 Å². The summed E-state index contributed by atoms with van der Waals surface area (Å²) < 4.78 is 0. The van der Waals surface area contributed by atoms with Gasteiger partial charge in [-0.05, 0) is 62.4 Å². The van der Waals surface area contributed by atoms with Gasteiger partial charge >= 0.3 is 5.97 Å². The summed E-state index contributed by atoms with van der Waals surface area (Å²) in [5.41, 5.74) is 15.2. The molecule has 4 atom stereocenters. The van der Waals surface area contributed by atoms with Gasteiger partial charge in [-0.15, -0.1) is 0 Å². The molecule has 0 bridgehead atoms. The zero-order valence-corrected chi connectivity index (χ0v) is 24.1. The molecule has 10 N–H and O–H groups in total. The van der Waals surface area contributed by atoms with Crippen molar-refractivity contribution >= 4 is 45.5 Å². The number of nitrogens with two attached hydrogens (primary N) is 2. The fraction of sp³-hybridized carbons (Fsp3) is 0.355. The minimum Gasteiger partial charge on any atom is -0.480 e. The first-order valence-electron chi connectivity index (χ1n) is 14.4. The molecule has 0 aliphatic carbocycles. The SMILES string of the molecule is CC(NC(=O)C(N)Cc1c[nH]c2ccccc12)C(=O)NC(CCCCN)C(=O)NC(Cc1c[nH]c2ccccc12)C(=O)O. The third-order valence-electron chi connectivity index (χ3n) is 7.50. The van der Waals surface area contributed by atoms with Crippen LogP contribution in [-0.4, -0.2) is 69.5 Å². The number of carboxylic acid groups (broad SMARTS) is 1. The van der Waals surface area contributed by atoms with E-state index in [1.165, 1.54) is 6.92 Å². The highest BCUT2D eigenvalue weighted by Crippen LogP contribution is 2.20. The maximum absolute atomic E-state index is 13.3. The molecule has 0 fully saturated rings. The number of fused-ring (bicyclic) bond motifs is 2. The Balaban J connectivity index is 1.37. The fourth-order valence-corrected chi connectivity index (χ4v) is 5.07. The number of benzene rings is 2. The molecule has 43 heavy (non-hydrogen) atoms. The van der Waals surface area contributed by atoms with Gasteiger partial charge in [0.2, 0.25) is 17.7 Å². The number of hydrogen-bond donors (Lipinski definition) is 8. The van der Waals surface area contributed by atoms with Crippen molar-refractivity contribution in [3.05, 3.63) is 72.1 Å². The van der Waals surface area contributed by atoms with Crippen molar-refractivity contribution in [2.45, 2.75) is 63.2 Å². The maximum atomic E-state index is 13.3. The zero-order valence-electron chi connectivity index (χ0n) is 24.1. The van der Waals surface area contributed by atoms with Crippen LogP contribution in [0.2, 0.25) is 0 Å². The van der Waals surface area contributed by atoms with E-state index >= 15 is 0 Å². The van der Waals surface area contributed by atoms with Crippen molar-refractivity contribution in [2.24, 2.45) is 11.5 Å². The molecule has 4 rings (SSSR count). The second kappa shape index (κ2) is 14.5. The number of carbonyl (C=O) groups excluding carboxylic acids is 3. The molecule has 0 saturated carbocycles. The van der Waals surface area contributed by atoms with Crippen molar-refractivity contribution < 1.29 is 24.3 Å². The van der Waals surface area contributed by atoms with Crippen molar-refractivity contribution in [2.75, 3.05) is 6.54 Å². The lowest BCUT2D eigenvalue weighted by atomic mass is 10.0. The summed E-state index contributed by atoms with van der Waals surface area (Å²) in [6, 6.07) is 11.0. The molecule has 3 amide bonds. The van der Waals surface area contributed by atoms with E-state index in [2.05, 4.69) is 25.9 Å². The predicted molar refractivity (Wildman–Crippen MR) is 164 cm³/mol. The number of aromatic nitrogens is 2. The molecule has 2 aromatic heterocycles. The van der Waals surface area contributed by atoms with Gasteiger partial charge in [0.1, 0.15) is 18.1 Å². The Hall–Kier alpha value is -4.68. The van der Waals surface area contributed by atoms with Gasteiger partial charge in [-0.25, -0.2) is 4.79 Å². The number of carboxylic acids is 1. The summed E-state index contributed by atoms with van der Waals surface area (Å²) in [6.45, 7) is 1.90. The van der Waals surface area contributed by atoms with Gasteiger partial charge in [-0.1, -0.05) is 36.4 Å². The van der Waals surface area contributed by atoms with E-state index in [9.17, 15) is 24.3 Å². The zero-order chi connectivity index (χ0) is 30.9. The molecule has 0 aliphatic heterocycles. The van der Waals surface area contributed by atoms with Crippen LogP contribution in [0.4, 0.5) is 0 Å². The number of aromatic amines is 2. The van der Waals surface area contributed by atoms with Crippen LogP contribution in [0.25, 0.3) is 21.8 Å². The number of unbranched alkanes of at least 4 members (excludes halogenated alkanes) is 1. The first-order chi connectivity index (χ1) is 20.7. The molecule has 0 aliphatic rings. The van der Waals surface area contributed by atoms with E-state index in [1.807, 2.05) is 48.5 Å². The van der Waals surface area contributed by atoms with Gasteiger partial charge in [-0.3, -0.25) is 14.4 Å². The summed E-state index contributed by atoms with van der Waals surface area (Å²) in [7, 11) is 0. The van der Waals surface area contributed by atoms with Crippen LogP contribution in [0.1, 0.15) is 37.3 Å². The molecular formula is C31H39N7O5. The number of nitrogens with one attached hydrogen (secondary N) is 5. The Morgan fingerprint density at radius 2 is 1.33 bits per heavy atom. The van der Waals surface area contributed by atoms with Crippen LogP contribution >= 0.6 is 0 Å². The molecule has 0 radical (unpaired) electrons. The van der Waals surface area contributed by atoms with Crippen LogP contribution < -0.4 is 27.4 Å². The Kier molecular flexibility index (Phi) is 10.5. The molecule has 2 aromatic carbocycles. The smallest absolute Gasteiger partial charge is 0.326 e. The Labute approximate surface area is 249 Å². The number of rotatable bonds is 15. The molecule has 4 unspecified atom stereocenters. The second-order valence-corrected chi connectivity index (χ2v) is 10.7. The Morgan fingerprint density at radius 1 is 0.767 bits per heavy atom. The molecule has 0 saturated heterocycles. The minimum absolute atomic E-state index is 0.0509. The van der Waals surface area contributed by atoms with E-state index in [0.29, 0.717) is 19.4 Å². The van der Waals surface area contributed by atoms with Gasteiger partial charge in [-0.2, -0.15) is 0 Å². The van der Waals surface area contributed by atoms with Gasteiger partial charge < -0.3 is 42.5 Å². The first-order valence-corrected chi connectivity index (χ1v) is 14.4. The standard InChI is InChI=1S/C31H39N7O5/c1-18(36-29(40)23(33)14-19-16-34-24-10-4-2-8-21(19)24)28(39)37-26(12-6-7-13-32)30(41)38-27(31(42)43)15-20-17-35-25-11-5-3-9-22(20)25/h2-5,8-11,16-18,23,26-27,34-35H,6-7,12-15,32-33H2,1H3,(H,36,40)(H,37,39)(H,38,41)(H,42,43). The van der Waals surface area contributed by atoms with Crippen LogP contribution in [0.15, 0.2) is 60.9 Å². The highest BCUT2D eigenvalue weighted by Gasteiger charge is 2.29. The van der Waals surface area contributed by atoms with Gasteiger partial charge in [0.25, 0.3) is 0 Å². The summed E-state index contributed by atoms with van der Waals surface area (Å²) >= 11 is 0. The summed E-state index contributed by atoms with van der Waals surface area (Å²) in [5, 5.41) is 19.6. The number of hydrogen-bond acceptors (Lipinski definition) is 6. The Morgan fingerprint density at radius 3 is 1.91 bits per heavy atom. The molecule has 4 aromatic rings. The van der Waals surface area contributed by atoms with Crippen LogP contribution in [0.3, 0.4) is 0 Å². The average molecular weight is 590 g/mol. The van der Waals surface area contributed by atoms with E-state index in [0.717, 1.165) is 32.9 Å². The van der Waals surface area contributed by atoms with E-state index in [4.69, 9.17) is 11.5 Å². The lowest BCUT2D eigenvalue weighted by Gasteiger charge is -2.24. The Bertz CT molecular complexity index is 1580. The quantitative estimate of drug-likeness (QED) is 0.0956. The monoisotopic (exact) mass is 589 g/mol. The fourth-order valence-electron chi connectivity index (χ4n) is 5.07. The number of para-hydroxylation sites is 2. The lowest BCUT2D eigenvalue weighted by Crippen LogP contribution is -2.56. The van der Waals surface area contributed by atoms with Gasteiger partial charge in [0.05, 0.1) is 6.04 Å². The number of aliphatic carboxylic acids is 1. The van der Waals surface area contributed by atoms with Gasteiger partial charge in [0.15, 0.2) is 0 Å². The van der Waals surface area contributed by atoms with E-state index in [1.54, 1.807) is 12.4 Å². The van der Waals surface area contributed by atoms with Gasteiger partial charge in [0, 0.05) is 40.6 Å². The molecule has 0 spiro atoms. The average Bonchev–Trinajstić information content (AvgIpc) is 3.60. The third-order valence-corrected chi connectivity index (χ3v) is 7.50. The van der Waals surface area contributed by atoms with E-state index in [-0.39, 0.29) is 19.3 Å². The summed E-state index contributed by atoms with van der Waals surface area (Å²) in [6.07, 6.45) is 5.24. The van der Waals surface area contributed by atoms with E-state index < -0.39 is 47.9 Å². The molecule has 2 heterocycles. The largest absolute Gasteiger partial charge is 0.480 e. The second-order valence-electron chi connectivity index (χ2n) is 10.7. The number of amides is 3. The maximum Gasteiger partial charge on any atom is 0.326 e. The normalized spacial score (nSPS) is 14.1. The predicted octanol–water partition coefficient (Wildman–Crippen LogP) is 1.45.